The zero-order chi connectivity index (χ0) is 18.0. The molecule has 0 aromatic carbocycles. The Bertz CT molecular complexity index is 681. The van der Waals surface area contributed by atoms with Crippen LogP contribution in [-0.2, 0) is 9.59 Å². The highest BCUT2D eigenvalue weighted by atomic mass is 32.1. The van der Waals surface area contributed by atoms with Crippen molar-refractivity contribution in [2.24, 2.45) is 5.92 Å². The molecule has 2 heterocycles. The molecule has 1 N–H and O–H groups in total. The summed E-state index contributed by atoms with van der Waals surface area (Å²) in [4.78, 5) is 41.0. The molecule has 2 aliphatic rings. The quantitative estimate of drug-likeness (QED) is 0.893. The Morgan fingerprint density at radius 2 is 1.84 bits per heavy atom. The van der Waals surface area contributed by atoms with Crippen molar-refractivity contribution in [2.45, 2.75) is 39.5 Å². The molecule has 7 heteroatoms. The highest BCUT2D eigenvalue weighted by Gasteiger charge is 2.30. The summed E-state index contributed by atoms with van der Waals surface area (Å²) >= 11 is 1.35. The Morgan fingerprint density at radius 1 is 1.16 bits per heavy atom. The van der Waals surface area contributed by atoms with Crippen LogP contribution in [0, 0.1) is 12.8 Å². The van der Waals surface area contributed by atoms with Crippen molar-refractivity contribution in [1.82, 2.24) is 9.80 Å². The van der Waals surface area contributed by atoms with Crippen molar-refractivity contribution in [3.05, 3.63) is 16.5 Å². The molecule has 3 rings (SSSR count). The lowest BCUT2D eigenvalue weighted by atomic mass is 10.2. The lowest BCUT2D eigenvalue weighted by molar-refractivity contribution is -0.130. The number of aryl methyl sites for hydroxylation is 1. The van der Waals surface area contributed by atoms with Crippen LogP contribution < -0.4 is 5.32 Å². The van der Waals surface area contributed by atoms with Crippen LogP contribution in [0.2, 0.25) is 0 Å². The van der Waals surface area contributed by atoms with Crippen LogP contribution in [0.25, 0.3) is 0 Å². The van der Waals surface area contributed by atoms with E-state index < -0.39 is 0 Å². The van der Waals surface area contributed by atoms with E-state index >= 15 is 0 Å². The normalized spacial score (nSPS) is 18.0. The van der Waals surface area contributed by atoms with Crippen molar-refractivity contribution >= 4 is 34.1 Å². The SMILES string of the molecule is CCC(=O)N1CCCN(C(=O)c2sc(NC(=O)C3CC3)cc2C)CC1. The molecular weight excluding hydrogens is 338 g/mol. The summed E-state index contributed by atoms with van der Waals surface area (Å²) in [5.41, 5.74) is 0.895. The third kappa shape index (κ3) is 4.21. The average molecular weight is 363 g/mol. The fourth-order valence-electron chi connectivity index (χ4n) is 3.06. The van der Waals surface area contributed by atoms with Gasteiger partial charge in [-0.1, -0.05) is 6.92 Å². The van der Waals surface area contributed by atoms with Crippen molar-refractivity contribution in [2.75, 3.05) is 31.5 Å². The zero-order valence-electron chi connectivity index (χ0n) is 14.8. The second-order valence-electron chi connectivity index (χ2n) is 6.77. The molecule has 1 aliphatic carbocycles. The summed E-state index contributed by atoms with van der Waals surface area (Å²) in [7, 11) is 0. The van der Waals surface area contributed by atoms with E-state index in [0.717, 1.165) is 29.8 Å². The van der Waals surface area contributed by atoms with Crippen molar-refractivity contribution in [1.29, 1.82) is 0 Å². The number of hydrogen-bond acceptors (Lipinski definition) is 4. The molecule has 25 heavy (non-hydrogen) atoms. The van der Waals surface area contributed by atoms with E-state index in [-0.39, 0.29) is 23.6 Å². The highest BCUT2D eigenvalue weighted by molar-refractivity contribution is 7.18. The maximum absolute atomic E-state index is 12.9. The fraction of sp³-hybridized carbons (Fsp3) is 0.611. The fourth-order valence-corrected chi connectivity index (χ4v) is 4.11. The summed E-state index contributed by atoms with van der Waals surface area (Å²) in [5, 5.41) is 3.67. The maximum atomic E-state index is 12.9. The van der Waals surface area contributed by atoms with Gasteiger partial charge in [0.15, 0.2) is 0 Å². The molecule has 3 amide bonds. The number of thiophene rings is 1. The molecule has 1 aromatic heterocycles. The monoisotopic (exact) mass is 363 g/mol. The van der Waals surface area contributed by atoms with E-state index in [1.165, 1.54) is 11.3 Å². The molecule has 2 fully saturated rings. The smallest absolute Gasteiger partial charge is 0.264 e. The van der Waals surface area contributed by atoms with Crippen LogP contribution in [0.4, 0.5) is 5.00 Å². The number of hydrogen-bond donors (Lipinski definition) is 1. The number of carbonyl (C=O) groups excluding carboxylic acids is 3. The van der Waals surface area contributed by atoms with Gasteiger partial charge in [-0.05, 0) is 37.8 Å². The van der Waals surface area contributed by atoms with E-state index in [0.29, 0.717) is 37.5 Å². The van der Waals surface area contributed by atoms with Crippen LogP contribution >= 0.6 is 11.3 Å². The zero-order valence-corrected chi connectivity index (χ0v) is 15.7. The molecule has 0 bridgehead atoms. The average Bonchev–Trinajstić information content (AvgIpc) is 3.40. The minimum Gasteiger partial charge on any atom is -0.341 e. The van der Waals surface area contributed by atoms with E-state index in [4.69, 9.17) is 0 Å². The second kappa shape index (κ2) is 7.56. The van der Waals surface area contributed by atoms with Crippen molar-refractivity contribution in [3.63, 3.8) is 0 Å². The summed E-state index contributed by atoms with van der Waals surface area (Å²) < 4.78 is 0. The van der Waals surface area contributed by atoms with Gasteiger partial charge in [-0.15, -0.1) is 11.3 Å². The van der Waals surface area contributed by atoms with Gasteiger partial charge in [0.2, 0.25) is 11.8 Å². The van der Waals surface area contributed by atoms with Gasteiger partial charge in [0.25, 0.3) is 5.91 Å². The largest absolute Gasteiger partial charge is 0.341 e. The molecule has 1 aliphatic heterocycles. The molecule has 136 valence electrons. The topological polar surface area (TPSA) is 69.7 Å². The molecule has 0 atom stereocenters. The first kappa shape index (κ1) is 17.9. The predicted octanol–water partition coefficient (Wildman–Crippen LogP) is 2.49. The lowest BCUT2D eigenvalue weighted by Gasteiger charge is -2.21. The first-order valence-electron chi connectivity index (χ1n) is 8.98. The third-order valence-electron chi connectivity index (χ3n) is 4.74. The van der Waals surface area contributed by atoms with Gasteiger partial charge >= 0.3 is 0 Å². The minimum atomic E-state index is 0.000202. The Hall–Kier alpha value is -1.89. The molecule has 1 aromatic rings. The van der Waals surface area contributed by atoms with Gasteiger partial charge in [-0.2, -0.15) is 0 Å². The van der Waals surface area contributed by atoms with Gasteiger partial charge < -0.3 is 15.1 Å². The van der Waals surface area contributed by atoms with Gasteiger partial charge in [-0.25, -0.2) is 0 Å². The highest BCUT2D eigenvalue weighted by Crippen LogP contribution is 2.33. The van der Waals surface area contributed by atoms with Gasteiger partial charge in [-0.3, -0.25) is 14.4 Å². The number of rotatable bonds is 4. The van der Waals surface area contributed by atoms with Crippen LogP contribution in [0.3, 0.4) is 0 Å². The van der Waals surface area contributed by atoms with E-state index in [1.807, 2.05) is 29.7 Å². The third-order valence-corrected chi connectivity index (χ3v) is 5.89. The standard InChI is InChI=1S/C18H25N3O3S/c1-3-15(22)20-7-4-8-21(10-9-20)18(24)16-12(2)11-14(25-16)19-17(23)13-5-6-13/h11,13H,3-10H2,1-2H3,(H,19,23). The van der Waals surface area contributed by atoms with E-state index in [1.54, 1.807) is 0 Å². The number of carbonyl (C=O) groups is 3. The van der Waals surface area contributed by atoms with Gasteiger partial charge in [0, 0.05) is 38.5 Å². The number of nitrogens with zero attached hydrogens (tertiary/aromatic N) is 2. The molecule has 6 nitrogen and oxygen atoms in total. The Morgan fingerprint density at radius 3 is 2.52 bits per heavy atom. The second-order valence-corrected chi connectivity index (χ2v) is 7.82. The van der Waals surface area contributed by atoms with E-state index in [9.17, 15) is 14.4 Å². The Kier molecular flexibility index (Phi) is 5.42. The lowest BCUT2D eigenvalue weighted by Crippen LogP contribution is -2.37. The van der Waals surface area contributed by atoms with Crippen LogP contribution in [0.15, 0.2) is 6.07 Å². The van der Waals surface area contributed by atoms with Crippen LogP contribution in [-0.4, -0.2) is 53.7 Å². The van der Waals surface area contributed by atoms with Crippen molar-refractivity contribution in [3.8, 4) is 0 Å². The molecular formula is C18H25N3O3S. The van der Waals surface area contributed by atoms with Crippen LogP contribution in [0.1, 0.15) is 47.8 Å². The summed E-state index contributed by atoms with van der Waals surface area (Å²) in [5.74, 6) is 0.352. The molecule has 0 radical (unpaired) electrons. The Labute approximate surface area is 152 Å². The summed E-state index contributed by atoms with van der Waals surface area (Å²) in [6.45, 7) is 6.29. The molecule has 0 unspecified atom stereocenters. The first-order chi connectivity index (χ1) is 12.0. The number of nitrogens with one attached hydrogen (secondary N) is 1. The van der Waals surface area contributed by atoms with Crippen molar-refractivity contribution < 1.29 is 14.4 Å². The number of anilines is 1. The van der Waals surface area contributed by atoms with Crippen LogP contribution in [0.5, 0.6) is 0 Å². The molecule has 1 saturated heterocycles. The number of amides is 3. The van der Waals surface area contributed by atoms with Gasteiger partial charge in [0.1, 0.15) is 0 Å². The minimum absolute atomic E-state index is 0.000202. The van der Waals surface area contributed by atoms with E-state index in [2.05, 4.69) is 5.32 Å². The first-order valence-corrected chi connectivity index (χ1v) is 9.79. The predicted molar refractivity (Wildman–Crippen MR) is 97.8 cm³/mol. The maximum Gasteiger partial charge on any atom is 0.264 e. The summed E-state index contributed by atoms with van der Waals surface area (Å²) in [6.07, 6.45) is 3.22. The molecule has 1 saturated carbocycles. The summed E-state index contributed by atoms with van der Waals surface area (Å²) in [6, 6.07) is 1.88. The molecule has 0 spiro atoms. The van der Waals surface area contributed by atoms with Gasteiger partial charge in [0.05, 0.1) is 9.88 Å². The Balaban J connectivity index is 1.65.